The number of carbonyl (C=O) groups excluding carboxylic acids is 2. The van der Waals surface area contributed by atoms with Crippen molar-refractivity contribution in [1.29, 1.82) is 0 Å². The van der Waals surface area contributed by atoms with E-state index in [1.54, 1.807) is 42.6 Å². The molecule has 1 aromatic carbocycles. The minimum Gasteiger partial charge on any atom is -0.272 e. The monoisotopic (exact) mass is 321 g/mol. The van der Waals surface area contributed by atoms with E-state index >= 15 is 0 Å². The molecule has 21 heavy (non-hydrogen) atoms. The van der Waals surface area contributed by atoms with Gasteiger partial charge in [-0.3, -0.25) is 20.4 Å². The zero-order chi connectivity index (χ0) is 15.1. The van der Waals surface area contributed by atoms with Crippen molar-refractivity contribution >= 4 is 35.2 Å². The second kappa shape index (κ2) is 7.66. The lowest BCUT2D eigenvalue weighted by Gasteiger charge is -2.07. The van der Waals surface area contributed by atoms with Crippen LogP contribution in [-0.2, 0) is 4.79 Å². The Kier molecular flexibility index (Phi) is 5.59. The first kappa shape index (κ1) is 15.3. The number of amides is 2. The summed E-state index contributed by atoms with van der Waals surface area (Å²) in [4.78, 5) is 27.4. The molecular formula is C14H12ClN3O2S. The summed E-state index contributed by atoms with van der Waals surface area (Å²) in [5, 5.41) is 1.06. The molecule has 0 unspecified atom stereocenters. The van der Waals surface area contributed by atoms with E-state index in [4.69, 9.17) is 11.6 Å². The van der Waals surface area contributed by atoms with E-state index in [0.29, 0.717) is 15.6 Å². The van der Waals surface area contributed by atoms with Crippen molar-refractivity contribution in [3.8, 4) is 0 Å². The number of hydrogen-bond donors (Lipinski definition) is 2. The first-order valence-corrected chi connectivity index (χ1v) is 7.40. The predicted octanol–water partition coefficient (Wildman–Crippen LogP) is 2.29. The number of hydrazine groups is 1. The van der Waals surface area contributed by atoms with Gasteiger partial charge in [0.1, 0.15) is 5.03 Å². The smallest absolute Gasteiger partial charge is 0.269 e. The molecule has 0 aliphatic rings. The van der Waals surface area contributed by atoms with E-state index in [-0.39, 0.29) is 17.6 Å². The standard InChI is InChI=1S/C14H12ClN3O2S/c15-11-7-4-8-16-14(11)21-9-12(19)17-18-13(20)10-5-2-1-3-6-10/h1-8H,9H2,(H,17,19)(H,18,20). The number of nitrogens with one attached hydrogen (secondary N) is 2. The summed E-state index contributed by atoms with van der Waals surface area (Å²) in [6, 6.07) is 12.0. The number of aromatic nitrogens is 1. The summed E-state index contributed by atoms with van der Waals surface area (Å²) in [6.07, 6.45) is 1.60. The van der Waals surface area contributed by atoms with Gasteiger partial charge in [-0.1, -0.05) is 41.6 Å². The molecule has 0 saturated heterocycles. The maximum Gasteiger partial charge on any atom is 0.269 e. The third-order valence-corrected chi connectivity index (χ3v) is 3.84. The highest BCUT2D eigenvalue weighted by Gasteiger charge is 2.08. The second-order valence-corrected chi connectivity index (χ2v) is 5.32. The zero-order valence-corrected chi connectivity index (χ0v) is 12.4. The van der Waals surface area contributed by atoms with Crippen LogP contribution in [0.4, 0.5) is 0 Å². The summed E-state index contributed by atoms with van der Waals surface area (Å²) < 4.78 is 0. The first-order valence-electron chi connectivity index (χ1n) is 6.04. The Morgan fingerprint density at radius 3 is 2.57 bits per heavy atom. The highest BCUT2D eigenvalue weighted by atomic mass is 35.5. The van der Waals surface area contributed by atoms with Gasteiger partial charge in [-0.2, -0.15) is 0 Å². The Morgan fingerprint density at radius 2 is 1.86 bits per heavy atom. The maximum atomic E-state index is 11.7. The Hall–Kier alpha value is -2.05. The fourth-order valence-corrected chi connectivity index (χ4v) is 2.40. The van der Waals surface area contributed by atoms with Gasteiger partial charge in [0.25, 0.3) is 5.91 Å². The fourth-order valence-electron chi connectivity index (χ4n) is 1.44. The van der Waals surface area contributed by atoms with Gasteiger partial charge in [-0.15, -0.1) is 0 Å². The van der Waals surface area contributed by atoms with Gasteiger partial charge >= 0.3 is 0 Å². The van der Waals surface area contributed by atoms with Crippen LogP contribution in [0.5, 0.6) is 0 Å². The third-order valence-electron chi connectivity index (χ3n) is 2.42. The quantitative estimate of drug-likeness (QED) is 0.669. The highest BCUT2D eigenvalue weighted by Crippen LogP contribution is 2.23. The van der Waals surface area contributed by atoms with Gasteiger partial charge in [-0.05, 0) is 24.3 Å². The maximum absolute atomic E-state index is 11.7. The molecule has 0 fully saturated rings. The third kappa shape index (κ3) is 4.77. The number of thioether (sulfide) groups is 1. The number of pyridine rings is 1. The van der Waals surface area contributed by atoms with Crippen molar-refractivity contribution in [3.63, 3.8) is 0 Å². The molecule has 0 aliphatic carbocycles. The van der Waals surface area contributed by atoms with Gasteiger partial charge in [0, 0.05) is 11.8 Å². The van der Waals surface area contributed by atoms with Crippen molar-refractivity contribution in [2.75, 3.05) is 5.75 Å². The van der Waals surface area contributed by atoms with Crippen LogP contribution in [0.2, 0.25) is 5.02 Å². The normalized spacial score (nSPS) is 9.95. The van der Waals surface area contributed by atoms with E-state index in [1.807, 2.05) is 6.07 Å². The van der Waals surface area contributed by atoms with Crippen LogP contribution in [0.15, 0.2) is 53.7 Å². The largest absolute Gasteiger partial charge is 0.272 e. The summed E-state index contributed by atoms with van der Waals surface area (Å²) in [5.74, 6) is -0.609. The van der Waals surface area contributed by atoms with E-state index in [9.17, 15) is 9.59 Å². The van der Waals surface area contributed by atoms with Gasteiger partial charge in [0.2, 0.25) is 5.91 Å². The van der Waals surface area contributed by atoms with Gasteiger partial charge in [-0.25, -0.2) is 4.98 Å². The Bertz CT molecular complexity index is 637. The Morgan fingerprint density at radius 1 is 1.10 bits per heavy atom. The minimum atomic E-state index is -0.371. The van der Waals surface area contributed by atoms with Crippen molar-refractivity contribution in [1.82, 2.24) is 15.8 Å². The topological polar surface area (TPSA) is 71.1 Å². The second-order valence-electron chi connectivity index (χ2n) is 3.95. The van der Waals surface area contributed by atoms with Crippen LogP contribution in [0.1, 0.15) is 10.4 Å². The SMILES string of the molecule is O=C(CSc1ncccc1Cl)NNC(=O)c1ccccc1. The van der Waals surface area contributed by atoms with Gasteiger partial charge in [0.05, 0.1) is 10.8 Å². The predicted molar refractivity (Wildman–Crippen MR) is 82.0 cm³/mol. The van der Waals surface area contributed by atoms with E-state index < -0.39 is 0 Å². The van der Waals surface area contributed by atoms with E-state index in [2.05, 4.69) is 15.8 Å². The number of hydrogen-bond acceptors (Lipinski definition) is 4. The number of benzene rings is 1. The fraction of sp³-hybridized carbons (Fsp3) is 0.0714. The minimum absolute atomic E-state index is 0.103. The average molecular weight is 322 g/mol. The molecule has 1 aromatic heterocycles. The molecule has 0 aliphatic heterocycles. The summed E-state index contributed by atoms with van der Waals surface area (Å²) in [6.45, 7) is 0. The highest BCUT2D eigenvalue weighted by molar-refractivity contribution is 8.00. The molecule has 0 radical (unpaired) electrons. The van der Waals surface area contributed by atoms with Gasteiger partial charge in [0.15, 0.2) is 0 Å². The molecule has 5 nitrogen and oxygen atoms in total. The summed E-state index contributed by atoms with van der Waals surface area (Å²) in [7, 11) is 0. The van der Waals surface area contributed by atoms with Crippen LogP contribution in [0, 0.1) is 0 Å². The number of nitrogens with zero attached hydrogens (tertiary/aromatic N) is 1. The lowest BCUT2D eigenvalue weighted by atomic mass is 10.2. The summed E-state index contributed by atoms with van der Waals surface area (Å²) in [5.41, 5.74) is 5.16. The van der Waals surface area contributed by atoms with Crippen molar-refractivity contribution in [2.24, 2.45) is 0 Å². The lowest BCUT2D eigenvalue weighted by molar-refractivity contribution is -0.119. The van der Waals surface area contributed by atoms with Crippen LogP contribution < -0.4 is 10.9 Å². The average Bonchev–Trinajstić information content (AvgIpc) is 2.52. The molecule has 0 saturated carbocycles. The van der Waals surface area contributed by atoms with Crippen molar-refractivity contribution in [3.05, 3.63) is 59.2 Å². The molecule has 7 heteroatoms. The number of rotatable bonds is 4. The Labute approximate surface area is 131 Å². The van der Waals surface area contributed by atoms with Gasteiger partial charge < -0.3 is 0 Å². The number of carbonyl (C=O) groups is 2. The van der Waals surface area contributed by atoms with Crippen molar-refractivity contribution < 1.29 is 9.59 Å². The lowest BCUT2D eigenvalue weighted by Crippen LogP contribution is -2.42. The molecule has 2 N–H and O–H groups in total. The molecule has 108 valence electrons. The Balaban J connectivity index is 1.78. The van der Waals surface area contributed by atoms with E-state index in [0.717, 1.165) is 0 Å². The molecule has 0 bridgehead atoms. The van der Waals surface area contributed by atoms with Crippen LogP contribution in [-0.4, -0.2) is 22.6 Å². The van der Waals surface area contributed by atoms with Crippen molar-refractivity contribution in [2.45, 2.75) is 5.03 Å². The van der Waals surface area contributed by atoms with Crippen LogP contribution in [0.3, 0.4) is 0 Å². The molecule has 0 atom stereocenters. The molecule has 2 aromatic rings. The molecule has 2 rings (SSSR count). The molecule has 1 heterocycles. The molecular weight excluding hydrogens is 310 g/mol. The van der Waals surface area contributed by atoms with Crippen LogP contribution >= 0.6 is 23.4 Å². The molecule has 2 amide bonds. The van der Waals surface area contributed by atoms with Crippen LogP contribution in [0.25, 0.3) is 0 Å². The first-order chi connectivity index (χ1) is 10.2. The molecule has 0 spiro atoms. The zero-order valence-electron chi connectivity index (χ0n) is 10.9. The van der Waals surface area contributed by atoms with E-state index in [1.165, 1.54) is 11.8 Å². The summed E-state index contributed by atoms with van der Waals surface area (Å²) >= 11 is 7.13. The number of halogens is 1.